The molecular formula is C12H10N3O4S-. The van der Waals surface area contributed by atoms with Gasteiger partial charge >= 0.3 is 0 Å². The van der Waals surface area contributed by atoms with Gasteiger partial charge in [0.25, 0.3) is 0 Å². The summed E-state index contributed by atoms with van der Waals surface area (Å²) in [6.45, 7) is 0. The normalized spacial score (nSPS) is 20.5. The molecule has 0 aromatic heterocycles. The van der Waals surface area contributed by atoms with E-state index in [-0.39, 0.29) is 17.3 Å². The highest BCUT2D eigenvalue weighted by molar-refractivity contribution is 8.15. The number of carbonyl (C=O) groups excluding carboxylic acids is 2. The van der Waals surface area contributed by atoms with Crippen LogP contribution in [0.25, 0.3) is 0 Å². The number of hydrogen-bond donors (Lipinski definition) is 2. The average Bonchev–Trinajstić information content (AvgIpc) is 2.72. The second-order valence-electron chi connectivity index (χ2n) is 3.88. The van der Waals surface area contributed by atoms with Gasteiger partial charge in [0.2, 0.25) is 5.91 Å². The van der Waals surface area contributed by atoms with E-state index in [1.54, 1.807) is 18.2 Å². The molecule has 0 aliphatic carbocycles. The summed E-state index contributed by atoms with van der Waals surface area (Å²) in [5, 5.41) is 29.3. The number of phenols is 1. The fraction of sp³-hybridized carbons (Fsp3) is 0.167. The lowest BCUT2D eigenvalue weighted by molar-refractivity contribution is -0.305. The highest BCUT2D eigenvalue weighted by Crippen LogP contribution is 2.22. The van der Waals surface area contributed by atoms with Crippen LogP contribution in [-0.4, -0.2) is 33.6 Å². The van der Waals surface area contributed by atoms with Gasteiger partial charge < -0.3 is 20.3 Å². The fourth-order valence-corrected chi connectivity index (χ4v) is 2.39. The maximum Gasteiger partial charge on any atom is 0.239 e. The maximum absolute atomic E-state index is 11.4. The number of amidine groups is 1. The molecule has 1 aromatic rings. The number of amides is 1. The maximum atomic E-state index is 11.4. The molecule has 2 N–H and O–H groups in total. The second kappa shape index (κ2) is 6.20. The van der Waals surface area contributed by atoms with Crippen molar-refractivity contribution in [2.24, 2.45) is 10.2 Å². The molecule has 0 bridgehead atoms. The van der Waals surface area contributed by atoms with Crippen LogP contribution in [0.1, 0.15) is 12.0 Å². The van der Waals surface area contributed by atoms with Gasteiger partial charge in [-0.25, -0.2) is 0 Å². The molecule has 7 nitrogen and oxygen atoms in total. The molecule has 1 aliphatic heterocycles. The summed E-state index contributed by atoms with van der Waals surface area (Å²) < 4.78 is 0. The van der Waals surface area contributed by atoms with Crippen molar-refractivity contribution in [3.05, 3.63) is 29.8 Å². The van der Waals surface area contributed by atoms with Gasteiger partial charge in [-0.05, 0) is 12.1 Å². The van der Waals surface area contributed by atoms with Gasteiger partial charge in [-0.15, -0.1) is 5.10 Å². The number of carbonyl (C=O) groups is 2. The number of carboxylic acid groups (broad SMARTS) is 1. The molecule has 0 spiro atoms. The molecule has 2 rings (SSSR count). The first-order valence-corrected chi connectivity index (χ1v) is 6.50. The third-order valence-corrected chi connectivity index (χ3v) is 3.48. The van der Waals surface area contributed by atoms with E-state index in [0.29, 0.717) is 5.56 Å². The molecule has 8 heteroatoms. The Morgan fingerprint density at radius 1 is 1.50 bits per heavy atom. The predicted octanol–water partition coefficient (Wildman–Crippen LogP) is -0.546. The molecular weight excluding hydrogens is 282 g/mol. The first-order chi connectivity index (χ1) is 9.56. The Morgan fingerprint density at radius 2 is 2.25 bits per heavy atom. The third-order valence-electron chi connectivity index (χ3n) is 2.41. The van der Waals surface area contributed by atoms with E-state index < -0.39 is 17.1 Å². The van der Waals surface area contributed by atoms with Crippen molar-refractivity contribution in [2.75, 3.05) is 0 Å². The van der Waals surface area contributed by atoms with E-state index >= 15 is 0 Å². The zero-order valence-corrected chi connectivity index (χ0v) is 11.0. The van der Waals surface area contributed by atoms with Gasteiger partial charge in [-0.3, -0.25) is 4.79 Å². The SMILES string of the molecule is O=C([O-])C[C@@H]1S/C(=N\N=C\c2ccccc2O)NC1=O. The molecule has 0 unspecified atom stereocenters. The van der Waals surface area contributed by atoms with E-state index in [4.69, 9.17) is 0 Å². The highest BCUT2D eigenvalue weighted by Gasteiger charge is 2.30. The number of nitrogens with zero attached hydrogens (tertiary/aromatic N) is 2. The van der Waals surface area contributed by atoms with Gasteiger partial charge in [0.1, 0.15) is 5.75 Å². The van der Waals surface area contributed by atoms with Crippen molar-refractivity contribution in [3.63, 3.8) is 0 Å². The van der Waals surface area contributed by atoms with E-state index in [0.717, 1.165) is 11.8 Å². The topological polar surface area (TPSA) is 114 Å². The Kier molecular flexibility index (Phi) is 4.36. The Bertz CT molecular complexity index is 600. The molecule has 104 valence electrons. The van der Waals surface area contributed by atoms with Crippen LogP contribution in [0.5, 0.6) is 5.75 Å². The van der Waals surface area contributed by atoms with Crippen molar-refractivity contribution < 1.29 is 19.8 Å². The first kappa shape index (κ1) is 14.1. The fourth-order valence-electron chi connectivity index (χ4n) is 1.48. The summed E-state index contributed by atoms with van der Waals surface area (Å²) in [6.07, 6.45) is 0.958. The summed E-state index contributed by atoms with van der Waals surface area (Å²) in [5.41, 5.74) is 0.484. The van der Waals surface area contributed by atoms with E-state index in [2.05, 4.69) is 15.5 Å². The van der Waals surface area contributed by atoms with Crippen LogP contribution in [0.3, 0.4) is 0 Å². The lowest BCUT2D eigenvalue weighted by Crippen LogP contribution is -2.31. The molecule has 1 atom stereocenters. The number of aliphatic carboxylic acids is 1. The van der Waals surface area contributed by atoms with E-state index in [1.165, 1.54) is 12.3 Å². The summed E-state index contributed by atoms with van der Waals surface area (Å²) in [5.74, 6) is -1.67. The molecule has 1 fully saturated rings. The summed E-state index contributed by atoms with van der Waals surface area (Å²) in [6, 6.07) is 6.57. The second-order valence-corrected chi connectivity index (χ2v) is 5.07. The summed E-state index contributed by atoms with van der Waals surface area (Å²) in [4.78, 5) is 21.9. The van der Waals surface area contributed by atoms with Crippen molar-refractivity contribution in [1.82, 2.24) is 5.32 Å². The van der Waals surface area contributed by atoms with Crippen molar-refractivity contribution in [1.29, 1.82) is 0 Å². The van der Waals surface area contributed by atoms with Crippen molar-refractivity contribution in [3.8, 4) is 5.75 Å². The molecule has 0 saturated carbocycles. The van der Waals surface area contributed by atoms with Crippen LogP contribution < -0.4 is 10.4 Å². The largest absolute Gasteiger partial charge is 0.550 e. The van der Waals surface area contributed by atoms with Crippen LogP contribution in [0.2, 0.25) is 0 Å². The number of thioether (sulfide) groups is 1. The molecule has 1 amide bonds. The highest BCUT2D eigenvalue weighted by atomic mass is 32.2. The lowest BCUT2D eigenvalue weighted by Gasteiger charge is -2.04. The van der Waals surface area contributed by atoms with Crippen LogP contribution in [0.15, 0.2) is 34.5 Å². The number of phenolic OH excluding ortho intramolecular Hbond substituents is 1. The number of hydrogen-bond acceptors (Lipinski definition) is 7. The quantitative estimate of drug-likeness (QED) is 0.571. The lowest BCUT2D eigenvalue weighted by atomic mass is 10.2. The molecule has 20 heavy (non-hydrogen) atoms. The molecule has 1 aliphatic rings. The number of nitrogens with one attached hydrogen (secondary N) is 1. The molecule has 1 saturated heterocycles. The molecule has 1 aromatic carbocycles. The minimum atomic E-state index is -1.29. The van der Waals surface area contributed by atoms with Crippen LogP contribution >= 0.6 is 11.8 Å². The zero-order valence-electron chi connectivity index (χ0n) is 10.1. The molecule has 0 radical (unpaired) electrons. The van der Waals surface area contributed by atoms with Gasteiger partial charge in [0.15, 0.2) is 5.17 Å². The van der Waals surface area contributed by atoms with Crippen LogP contribution in [-0.2, 0) is 9.59 Å². The predicted molar refractivity (Wildman–Crippen MR) is 72.3 cm³/mol. The minimum absolute atomic E-state index is 0.0642. The average molecular weight is 292 g/mol. The number of rotatable bonds is 4. The number of carboxylic acids is 1. The Morgan fingerprint density at radius 3 is 2.95 bits per heavy atom. The molecule has 1 heterocycles. The Balaban J connectivity index is 2.01. The number of para-hydroxylation sites is 1. The van der Waals surface area contributed by atoms with Gasteiger partial charge in [0.05, 0.1) is 11.5 Å². The standard InChI is InChI=1S/C12H11N3O4S/c16-8-4-2-1-3-7(8)6-13-15-12-14-11(19)9(20-12)5-10(17)18/h1-4,6,9,16H,5H2,(H,17,18)(H,14,15,19)/p-1/b13-6+/t9-/m0/s1. The van der Waals surface area contributed by atoms with Crippen LogP contribution in [0.4, 0.5) is 0 Å². The zero-order chi connectivity index (χ0) is 14.5. The van der Waals surface area contributed by atoms with E-state index in [9.17, 15) is 19.8 Å². The monoisotopic (exact) mass is 292 g/mol. The summed E-state index contributed by atoms with van der Waals surface area (Å²) in [7, 11) is 0. The van der Waals surface area contributed by atoms with Crippen molar-refractivity contribution in [2.45, 2.75) is 11.7 Å². The Labute approximate surface area is 118 Å². The minimum Gasteiger partial charge on any atom is -0.550 e. The smallest absolute Gasteiger partial charge is 0.239 e. The van der Waals surface area contributed by atoms with E-state index in [1.807, 2.05) is 0 Å². The first-order valence-electron chi connectivity index (χ1n) is 5.62. The number of aromatic hydroxyl groups is 1. The Hall–Kier alpha value is -2.35. The van der Waals surface area contributed by atoms with Gasteiger partial charge in [-0.2, -0.15) is 5.10 Å². The third kappa shape index (κ3) is 3.58. The van der Waals surface area contributed by atoms with Gasteiger partial charge in [-0.1, -0.05) is 23.9 Å². The van der Waals surface area contributed by atoms with Crippen LogP contribution in [0, 0.1) is 0 Å². The van der Waals surface area contributed by atoms with Gasteiger partial charge in [0, 0.05) is 18.0 Å². The summed E-state index contributed by atoms with van der Waals surface area (Å²) >= 11 is 0.979. The number of benzene rings is 1. The van der Waals surface area contributed by atoms with Crippen molar-refractivity contribution >= 4 is 35.0 Å².